The number of benzene rings is 2. The highest BCUT2D eigenvalue weighted by Crippen LogP contribution is 2.46. The second-order valence-corrected chi connectivity index (χ2v) is 19.4. The third kappa shape index (κ3) is 9.82. The summed E-state index contributed by atoms with van der Waals surface area (Å²) in [6, 6.07) is 11.1. The molecule has 1 aromatic heterocycles. The van der Waals surface area contributed by atoms with E-state index in [-0.39, 0.29) is 37.6 Å². The number of carbonyl (C=O) groups excluding carboxylic acids is 4. The molecule has 3 aromatic rings. The van der Waals surface area contributed by atoms with Crippen molar-refractivity contribution in [3.8, 4) is 22.9 Å². The number of aromatic nitrogens is 1. The fraction of sp³-hybridized carbons (Fsp3) is 0.500. The Hall–Kier alpha value is -5.59. The Morgan fingerprint density at radius 2 is 1.73 bits per heavy atom. The number of hydrogen-bond acceptors (Lipinski definition) is 10. The molecule has 3 fully saturated rings. The topological polar surface area (TPSA) is 183 Å². The minimum absolute atomic E-state index is 0.0670. The van der Waals surface area contributed by atoms with Gasteiger partial charge in [0.1, 0.15) is 35.0 Å². The summed E-state index contributed by atoms with van der Waals surface area (Å²) in [5.74, 6) is -4.10. The molecule has 14 nitrogen and oxygen atoms in total. The number of rotatable bonds is 8. The molecule has 3 heterocycles. The van der Waals surface area contributed by atoms with E-state index in [0.29, 0.717) is 67.3 Å². The van der Waals surface area contributed by atoms with Crippen LogP contribution in [0, 0.1) is 23.6 Å². The van der Waals surface area contributed by atoms with Gasteiger partial charge in [-0.05, 0) is 112 Å². The fourth-order valence-corrected chi connectivity index (χ4v) is 9.42. The fourth-order valence-electron chi connectivity index (χ4n) is 8.06. The minimum Gasteiger partial charge on any atom is -0.497 e. The van der Waals surface area contributed by atoms with Crippen LogP contribution in [0.15, 0.2) is 65.7 Å². The normalized spacial score (nSPS) is 27.0. The highest BCUT2D eigenvalue weighted by Gasteiger charge is 2.62. The number of nitrogens with one attached hydrogen (secondary N) is 2. The first-order valence-electron chi connectivity index (χ1n) is 20.8. The van der Waals surface area contributed by atoms with E-state index < -0.39 is 91.9 Å². The summed E-state index contributed by atoms with van der Waals surface area (Å²) in [4.78, 5) is 66.2. The third-order valence-corrected chi connectivity index (χ3v) is 13.9. The monoisotopic (exact) mass is 899 g/mol. The average molecular weight is 900 g/mol. The molecule has 0 spiro atoms. The van der Waals surface area contributed by atoms with Crippen LogP contribution in [-0.2, 0) is 29.1 Å². The van der Waals surface area contributed by atoms with Gasteiger partial charge in [-0.25, -0.2) is 22.6 Å². The summed E-state index contributed by atoms with van der Waals surface area (Å²) < 4.78 is 100. The molecule has 2 N–H and O–H groups in total. The van der Waals surface area contributed by atoms with Crippen molar-refractivity contribution >= 4 is 50.3 Å². The molecule has 2 saturated carbocycles. The number of carbonyl (C=O) groups is 4. The lowest BCUT2D eigenvalue weighted by atomic mass is 9.89. The first-order chi connectivity index (χ1) is 29.6. The molecular weight excluding hydrogens is 851 g/mol. The highest BCUT2D eigenvalue weighted by atomic mass is 32.2. The number of fused-ring (bicyclic) bond motifs is 3. The molecular formula is C44H49F4N5O9S. The van der Waals surface area contributed by atoms with Crippen molar-refractivity contribution in [2.45, 2.75) is 107 Å². The summed E-state index contributed by atoms with van der Waals surface area (Å²) in [7, 11) is -2.53. The van der Waals surface area contributed by atoms with Crippen LogP contribution in [0.1, 0.15) is 72.6 Å². The number of amides is 4. The van der Waals surface area contributed by atoms with Gasteiger partial charge >= 0.3 is 12.3 Å². The highest BCUT2D eigenvalue weighted by molar-refractivity contribution is 7.91. The first kappa shape index (κ1) is 45.4. The van der Waals surface area contributed by atoms with Crippen LogP contribution in [-0.4, -0.2) is 96.2 Å². The number of methoxy groups -OCH3 is 1. The third-order valence-electron chi connectivity index (χ3n) is 12.1. The Bertz CT molecular complexity index is 2470. The SMILES string of the molecule is COc1ccc2c(O[C@@H]3C[C@H]4C(=O)N[C@]5(C(=O)NS(=O)(=O)C6CC6)C[C@H]5/C=C\CC[C@@H](C)C[C@@H](C)C(=NC(=O)OC(C)(C)C(F)(F)F)C(=O)N4C3)nc(-c3ccc(F)cc3)cc2c1. The Morgan fingerprint density at radius 3 is 2.40 bits per heavy atom. The lowest BCUT2D eigenvalue weighted by Gasteiger charge is -2.29. The molecule has 19 heteroatoms. The Balaban J connectivity index is 1.28. The van der Waals surface area contributed by atoms with Crippen molar-refractivity contribution in [3.05, 3.63) is 66.5 Å². The van der Waals surface area contributed by atoms with E-state index in [1.165, 1.54) is 31.4 Å². The average Bonchev–Trinajstić information content (AvgIpc) is 4.14. The number of sulfonamides is 1. The van der Waals surface area contributed by atoms with Crippen LogP contribution in [0.25, 0.3) is 22.0 Å². The Morgan fingerprint density at radius 1 is 1.02 bits per heavy atom. The van der Waals surface area contributed by atoms with Crippen molar-refractivity contribution in [2.24, 2.45) is 22.7 Å². The summed E-state index contributed by atoms with van der Waals surface area (Å²) in [6.07, 6.45) is -2.07. The number of nitrogens with zero attached hydrogens (tertiary/aromatic N) is 3. The molecule has 0 radical (unpaired) electrons. The maximum Gasteiger partial charge on any atom is 0.434 e. The molecule has 7 rings (SSSR count). The number of ether oxygens (including phenoxy) is 3. The van der Waals surface area contributed by atoms with Crippen LogP contribution in [0.2, 0.25) is 0 Å². The molecule has 4 aliphatic rings. The smallest absolute Gasteiger partial charge is 0.434 e. The predicted octanol–water partition coefficient (Wildman–Crippen LogP) is 6.81. The molecule has 63 heavy (non-hydrogen) atoms. The van der Waals surface area contributed by atoms with E-state index in [2.05, 4.69) is 15.0 Å². The number of hydrogen-bond donors (Lipinski definition) is 2. The lowest BCUT2D eigenvalue weighted by molar-refractivity contribution is -0.243. The minimum atomic E-state index is -4.97. The summed E-state index contributed by atoms with van der Waals surface area (Å²) in [6.45, 7) is 4.48. The van der Waals surface area contributed by atoms with Gasteiger partial charge in [0.05, 0.1) is 24.6 Å². The molecule has 4 amide bonds. The molecule has 338 valence electrons. The quantitative estimate of drug-likeness (QED) is 0.180. The summed E-state index contributed by atoms with van der Waals surface area (Å²) in [5.41, 5.74) is -4.15. The van der Waals surface area contributed by atoms with Gasteiger partial charge in [-0.15, -0.1) is 0 Å². The van der Waals surface area contributed by atoms with Gasteiger partial charge in [0.25, 0.3) is 11.8 Å². The zero-order valence-corrected chi connectivity index (χ0v) is 36.1. The molecule has 0 unspecified atom stereocenters. The van der Waals surface area contributed by atoms with E-state index in [0.717, 1.165) is 4.90 Å². The van der Waals surface area contributed by atoms with Crippen LogP contribution in [0.5, 0.6) is 11.6 Å². The van der Waals surface area contributed by atoms with Crippen molar-refractivity contribution in [1.29, 1.82) is 0 Å². The summed E-state index contributed by atoms with van der Waals surface area (Å²) >= 11 is 0. The van der Waals surface area contributed by atoms with Crippen molar-refractivity contribution < 1.29 is 59.4 Å². The van der Waals surface area contributed by atoms with E-state index >= 15 is 0 Å². The molecule has 1 saturated heterocycles. The zero-order chi connectivity index (χ0) is 45.6. The largest absolute Gasteiger partial charge is 0.497 e. The van der Waals surface area contributed by atoms with Crippen molar-refractivity contribution in [3.63, 3.8) is 0 Å². The molecule has 2 aliphatic carbocycles. The van der Waals surface area contributed by atoms with Gasteiger partial charge in [0, 0.05) is 29.2 Å². The van der Waals surface area contributed by atoms with Crippen molar-refractivity contribution in [1.82, 2.24) is 19.9 Å². The number of alkyl halides is 3. The van der Waals surface area contributed by atoms with Gasteiger partial charge in [-0.3, -0.25) is 19.1 Å². The van der Waals surface area contributed by atoms with E-state index in [1.807, 2.05) is 13.0 Å². The van der Waals surface area contributed by atoms with Gasteiger partial charge in [0.2, 0.25) is 27.4 Å². The standard InChI is InChI=1S/C44H49F4N5O9S/c1-24-8-6-7-9-28-22-43(28,40(56)52-63(58,59)32-15-16-32)51-37(54)35-21-31(23-53(35)39(55)36(25(2)18-24)50-41(57)62-42(3,4)44(46,47)48)61-38-33-17-14-30(60-5)19-27(33)20-34(49-38)26-10-12-29(45)13-11-26/h7,9-14,17,19-20,24-25,28,31-32,35H,6,8,15-16,18,21-23H2,1-5H3,(H,51,54)(H,52,56)/b9-7-,50-36?/t24-,25-,28-,31-,35+,43-/m1/s1. The van der Waals surface area contributed by atoms with Crippen LogP contribution in [0.3, 0.4) is 0 Å². The number of allylic oxidation sites excluding steroid dienone is 1. The first-order valence-corrected chi connectivity index (χ1v) is 22.3. The van der Waals surface area contributed by atoms with E-state index in [9.17, 15) is 45.2 Å². The maximum absolute atomic E-state index is 14.8. The van der Waals surface area contributed by atoms with Crippen molar-refractivity contribution in [2.75, 3.05) is 13.7 Å². The van der Waals surface area contributed by atoms with Gasteiger partial charge in [-0.1, -0.05) is 26.0 Å². The Labute approximate surface area is 361 Å². The second-order valence-electron chi connectivity index (χ2n) is 17.4. The molecule has 2 aliphatic heterocycles. The molecule has 2 aromatic carbocycles. The summed E-state index contributed by atoms with van der Waals surface area (Å²) in [5, 5.41) is 3.17. The van der Waals surface area contributed by atoms with Crippen LogP contribution < -0.4 is 19.5 Å². The number of pyridine rings is 1. The van der Waals surface area contributed by atoms with Gasteiger partial charge in [-0.2, -0.15) is 18.2 Å². The zero-order valence-electron chi connectivity index (χ0n) is 35.3. The van der Waals surface area contributed by atoms with Gasteiger partial charge in [0.15, 0.2) is 0 Å². The van der Waals surface area contributed by atoms with Crippen LogP contribution >= 0.6 is 0 Å². The maximum atomic E-state index is 14.8. The molecule has 6 atom stereocenters. The number of halogens is 4. The van der Waals surface area contributed by atoms with Gasteiger partial charge < -0.3 is 24.4 Å². The van der Waals surface area contributed by atoms with E-state index in [1.54, 1.807) is 37.3 Å². The predicted molar refractivity (Wildman–Crippen MR) is 223 cm³/mol. The second kappa shape index (κ2) is 17.2. The lowest BCUT2D eigenvalue weighted by Crippen LogP contribution is -2.57. The van der Waals surface area contributed by atoms with Crippen LogP contribution in [0.4, 0.5) is 22.4 Å². The number of aliphatic imine (C=N–C) groups is 1. The molecule has 0 bridgehead atoms. The Kier molecular flexibility index (Phi) is 12.4. The van der Waals surface area contributed by atoms with E-state index in [4.69, 9.17) is 19.2 Å².